The number of hydrogen-bond donors (Lipinski definition) is 4. The summed E-state index contributed by atoms with van der Waals surface area (Å²) in [6.45, 7) is 4.80. The van der Waals surface area contributed by atoms with E-state index in [1.165, 1.54) is 25.1 Å². The molecule has 0 fully saturated rings. The first-order valence-corrected chi connectivity index (χ1v) is 14.9. The second-order valence-electron chi connectivity index (χ2n) is 10.7. The molecule has 41 heavy (non-hydrogen) atoms. The fraction of sp³-hybridized carbons (Fsp3) is 0.500. The number of nitrogens with zero attached hydrogens (tertiary/aromatic N) is 1. The first-order valence-electron chi connectivity index (χ1n) is 13.4. The summed E-state index contributed by atoms with van der Waals surface area (Å²) in [4.78, 5) is 29.6. The van der Waals surface area contributed by atoms with E-state index >= 15 is 0 Å². The Kier molecular flexibility index (Phi) is 11.4. The Morgan fingerprint density at radius 3 is 2.49 bits per heavy atom. The van der Waals surface area contributed by atoms with E-state index in [-0.39, 0.29) is 24.0 Å². The molecule has 1 aliphatic heterocycles. The highest BCUT2D eigenvalue weighted by Gasteiger charge is 2.36. The predicted molar refractivity (Wildman–Crippen MR) is 149 cm³/mol. The van der Waals surface area contributed by atoms with Gasteiger partial charge in [0.15, 0.2) is 11.5 Å². The molecule has 2 amide bonds. The lowest BCUT2D eigenvalue weighted by atomic mass is 9.87. The summed E-state index contributed by atoms with van der Waals surface area (Å²) in [5.74, 6) is 0.201. The molecule has 13 heteroatoms. The van der Waals surface area contributed by atoms with Crippen molar-refractivity contribution in [2.75, 3.05) is 26.5 Å². The molecule has 2 atom stereocenters. The number of fused-ring (bicyclic) bond motifs is 1. The third kappa shape index (κ3) is 9.59. The van der Waals surface area contributed by atoms with E-state index in [0.29, 0.717) is 42.4 Å². The van der Waals surface area contributed by atoms with Crippen LogP contribution in [0, 0.1) is 5.41 Å². The number of nitrogens with one attached hydrogen (secondary N) is 2. The zero-order chi connectivity index (χ0) is 30.0. The van der Waals surface area contributed by atoms with Gasteiger partial charge >= 0.3 is 6.09 Å². The van der Waals surface area contributed by atoms with Crippen molar-refractivity contribution in [3.63, 3.8) is 0 Å². The van der Waals surface area contributed by atoms with Crippen molar-refractivity contribution in [1.29, 1.82) is 0 Å². The monoisotopic (exact) mass is 593 g/mol. The summed E-state index contributed by atoms with van der Waals surface area (Å²) < 4.78 is 38.8. The largest absolute Gasteiger partial charge is 0.454 e. The van der Waals surface area contributed by atoms with Gasteiger partial charge in [-0.25, -0.2) is 13.2 Å². The molecule has 2 aromatic rings. The Morgan fingerprint density at radius 2 is 1.80 bits per heavy atom. The zero-order valence-electron chi connectivity index (χ0n) is 23.5. The molecule has 0 radical (unpaired) electrons. The quantitative estimate of drug-likeness (QED) is 0.179. The summed E-state index contributed by atoms with van der Waals surface area (Å²) in [5, 5.41) is 24.3. The number of benzene rings is 2. The van der Waals surface area contributed by atoms with Gasteiger partial charge in [-0.15, -0.1) is 0 Å². The number of carbonyl (C=O) groups is 2. The summed E-state index contributed by atoms with van der Waals surface area (Å²) >= 11 is 0. The van der Waals surface area contributed by atoms with E-state index in [2.05, 4.69) is 10.6 Å². The molecule has 1 heterocycles. The number of hydrogen-bond acceptors (Lipinski definition) is 9. The minimum absolute atomic E-state index is 0.0323. The van der Waals surface area contributed by atoms with Crippen molar-refractivity contribution in [3.05, 3.63) is 54.1 Å². The number of ether oxygens (including phenoxy) is 2. The molecular formula is C28H39N3O9S. The summed E-state index contributed by atoms with van der Waals surface area (Å²) in [6.07, 6.45) is 0.138. The van der Waals surface area contributed by atoms with E-state index in [9.17, 15) is 23.1 Å². The second-order valence-corrected chi connectivity index (χ2v) is 12.5. The van der Waals surface area contributed by atoms with Crippen molar-refractivity contribution < 1.29 is 42.5 Å². The first kappa shape index (κ1) is 32.1. The van der Waals surface area contributed by atoms with Gasteiger partial charge in [-0.3, -0.25) is 4.79 Å². The van der Waals surface area contributed by atoms with Crippen LogP contribution in [0.4, 0.5) is 4.79 Å². The highest BCUT2D eigenvalue weighted by molar-refractivity contribution is 7.89. The highest BCUT2D eigenvalue weighted by atomic mass is 32.2. The van der Waals surface area contributed by atoms with Gasteiger partial charge < -0.3 is 35.2 Å². The molecule has 0 saturated carbocycles. The number of aliphatic hydroxyl groups excluding tert-OH is 2. The fourth-order valence-corrected chi connectivity index (χ4v) is 5.66. The average Bonchev–Trinajstić information content (AvgIpc) is 3.40. The van der Waals surface area contributed by atoms with Gasteiger partial charge in [0, 0.05) is 12.6 Å². The molecule has 0 bridgehead atoms. The number of hydroxylamine groups is 1. The van der Waals surface area contributed by atoms with Crippen molar-refractivity contribution >= 4 is 22.0 Å². The SMILES string of the molecule is CC(O)C(Cc1ccccc1)NC(=O)ON(CC(C)(C)CCCCNC(=O)CO)S(=O)(=O)c1ccc2c(c1)OCO2. The van der Waals surface area contributed by atoms with Crippen LogP contribution in [-0.4, -0.2) is 73.7 Å². The highest BCUT2D eigenvalue weighted by Crippen LogP contribution is 2.35. The summed E-state index contributed by atoms with van der Waals surface area (Å²) in [5.41, 5.74) is 0.234. The van der Waals surface area contributed by atoms with Crippen molar-refractivity contribution in [3.8, 4) is 11.5 Å². The van der Waals surface area contributed by atoms with Gasteiger partial charge in [0.2, 0.25) is 12.7 Å². The Balaban J connectivity index is 1.76. The molecule has 3 rings (SSSR count). The lowest BCUT2D eigenvalue weighted by molar-refractivity contribution is -0.123. The summed E-state index contributed by atoms with van der Waals surface area (Å²) in [6, 6.07) is 12.7. The fourth-order valence-electron chi connectivity index (χ4n) is 4.24. The molecule has 4 N–H and O–H groups in total. The van der Waals surface area contributed by atoms with E-state index in [0.717, 1.165) is 5.56 Å². The van der Waals surface area contributed by atoms with Crippen molar-refractivity contribution in [2.24, 2.45) is 5.41 Å². The Labute approximate surface area is 240 Å². The topological polar surface area (TPSA) is 164 Å². The van der Waals surface area contributed by atoms with E-state index in [1.54, 1.807) is 0 Å². The van der Waals surface area contributed by atoms with Crippen LogP contribution in [0.15, 0.2) is 53.4 Å². The first-order chi connectivity index (χ1) is 19.4. The smallest absolute Gasteiger partial charge is 0.427 e. The minimum atomic E-state index is -4.35. The number of unbranched alkanes of at least 4 members (excludes halogenated alkanes) is 1. The van der Waals surface area contributed by atoms with Crippen LogP contribution in [0.5, 0.6) is 11.5 Å². The molecule has 0 saturated heterocycles. The zero-order valence-corrected chi connectivity index (χ0v) is 24.4. The number of sulfonamides is 1. The molecule has 226 valence electrons. The van der Waals surface area contributed by atoms with Crippen LogP contribution >= 0.6 is 0 Å². The van der Waals surface area contributed by atoms with Crippen LogP contribution in [-0.2, 0) is 26.1 Å². The molecule has 0 aliphatic carbocycles. The maximum atomic E-state index is 13.7. The van der Waals surface area contributed by atoms with Crippen LogP contribution < -0.4 is 20.1 Å². The predicted octanol–water partition coefficient (Wildman–Crippen LogP) is 2.34. The van der Waals surface area contributed by atoms with E-state index in [1.807, 2.05) is 44.2 Å². The average molecular weight is 594 g/mol. The van der Waals surface area contributed by atoms with Gasteiger partial charge in [0.05, 0.1) is 23.6 Å². The van der Waals surface area contributed by atoms with E-state index < -0.39 is 46.2 Å². The molecule has 2 unspecified atom stereocenters. The molecule has 2 aromatic carbocycles. The molecule has 12 nitrogen and oxygen atoms in total. The third-order valence-electron chi connectivity index (χ3n) is 6.58. The van der Waals surface area contributed by atoms with Gasteiger partial charge in [0.25, 0.3) is 10.0 Å². The Hall–Kier alpha value is -3.39. The van der Waals surface area contributed by atoms with Gasteiger partial charge in [-0.05, 0) is 53.8 Å². The number of carbonyl (C=O) groups excluding carboxylic acids is 2. The lowest BCUT2D eigenvalue weighted by Gasteiger charge is -2.31. The normalized spacial score (nSPS) is 14.4. The molecule has 0 spiro atoms. The Morgan fingerprint density at radius 1 is 1.10 bits per heavy atom. The second kappa shape index (κ2) is 14.5. The van der Waals surface area contributed by atoms with Crippen molar-refractivity contribution in [1.82, 2.24) is 15.1 Å². The van der Waals surface area contributed by atoms with Crippen LogP contribution in [0.3, 0.4) is 0 Å². The van der Waals surface area contributed by atoms with Gasteiger partial charge in [0.1, 0.15) is 6.61 Å². The number of aliphatic hydroxyl groups is 2. The van der Waals surface area contributed by atoms with E-state index in [4.69, 9.17) is 19.4 Å². The van der Waals surface area contributed by atoms with Crippen LogP contribution in [0.2, 0.25) is 0 Å². The molecule has 0 aromatic heterocycles. The van der Waals surface area contributed by atoms with Gasteiger partial charge in [-0.1, -0.05) is 50.6 Å². The lowest BCUT2D eigenvalue weighted by Crippen LogP contribution is -2.48. The molecule has 1 aliphatic rings. The van der Waals surface area contributed by atoms with Gasteiger partial charge in [-0.2, -0.15) is 0 Å². The third-order valence-corrected chi connectivity index (χ3v) is 8.17. The molecular weight excluding hydrogens is 554 g/mol. The maximum absolute atomic E-state index is 13.7. The van der Waals surface area contributed by atoms with Crippen LogP contribution in [0.1, 0.15) is 45.6 Å². The minimum Gasteiger partial charge on any atom is -0.454 e. The number of amides is 2. The van der Waals surface area contributed by atoms with Crippen molar-refractivity contribution in [2.45, 2.75) is 63.5 Å². The van der Waals surface area contributed by atoms with Crippen LogP contribution in [0.25, 0.3) is 0 Å². The summed E-state index contributed by atoms with van der Waals surface area (Å²) in [7, 11) is -4.35. The Bertz CT molecular complexity index is 1270. The standard InChI is InChI=1S/C28H39N3O9S/c1-20(33)23(15-21-9-5-4-6-10-21)30-27(35)40-31(18-28(2,3)13-7-8-14-29-26(34)17-32)41(36,37)22-11-12-24-25(16-22)39-19-38-24/h4-6,9-12,16,20,23,32-33H,7-8,13-15,17-19H2,1-3H3,(H,29,34)(H,30,35). The maximum Gasteiger partial charge on any atom is 0.427 e. The number of rotatable bonds is 15.